The van der Waals surface area contributed by atoms with Gasteiger partial charge >= 0.3 is 23.9 Å². The Morgan fingerprint density at radius 2 is 0.877 bits per heavy atom. The Kier molecular flexibility index (Phi) is 15.1. The van der Waals surface area contributed by atoms with Crippen LogP contribution in [0.3, 0.4) is 0 Å². The van der Waals surface area contributed by atoms with Gasteiger partial charge in [-0.05, 0) is 96.9 Å². The number of hydrogen-bond acceptors (Lipinski definition) is 8. The Morgan fingerprint density at radius 1 is 0.509 bits per heavy atom. The maximum Gasteiger partial charge on any atom is 0.355 e. The van der Waals surface area contributed by atoms with Crippen molar-refractivity contribution in [3.8, 4) is 0 Å². The van der Waals surface area contributed by atoms with Gasteiger partial charge in [-0.3, -0.25) is 9.59 Å². The van der Waals surface area contributed by atoms with E-state index in [0.29, 0.717) is 49.9 Å². The molecule has 57 heavy (non-hydrogen) atoms. The van der Waals surface area contributed by atoms with Crippen LogP contribution in [-0.2, 0) is 80.3 Å². The van der Waals surface area contributed by atoms with Crippen LogP contribution >= 0.6 is 0 Å². The molecule has 11 nitrogen and oxygen atoms in total. The van der Waals surface area contributed by atoms with Gasteiger partial charge in [0.2, 0.25) is 0 Å². The van der Waals surface area contributed by atoms with Crippen molar-refractivity contribution in [3.05, 3.63) is 139 Å². The second-order valence-corrected chi connectivity index (χ2v) is 14.3. The van der Waals surface area contributed by atoms with Gasteiger partial charge in [-0.2, -0.15) is 0 Å². The van der Waals surface area contributed by atoms with Gasteiger partial charge < -0.3 is 33.9 Å². The van der Waals surface area contributed by atoms with Crippen LogP contribution in [0.25, 0.3) is 0 Å². The number of hydrogen-bond donors (Lipinski definition) is 3. The largest absolute Gasteiger partial charge is 0.466 e. The van der Waals surface area contributed by atoms with Crippen molar-refractivity contribution in [2.75, 3.05) is 13.2 Å². The summed E-state index contributed by atoms with van der Waals surface area (Å²) in [7, 11) is 0. The lowest BCUT2D eigenvalue weighted by Crippen LogP contribution is -2.07. The van der Waals surface area contributed by atoms with Crippen LogP contribution in [0.5, 0.6) is 0 Å². The number of nitrogens with one attached hydrogen (secondary N) is 3. The second kappa shape index (κ2) is 20.4. The van der Waals surface area contributed by atoms with Gasteiger partial charge in [0.15, 0.2) is 0 Å². The summed E-state index contributed by atoms with van der Waals surface area (Å²) in [6.45, 7) is 11.8. The van der Waals surface area contributed by atoms with Crippen LogP contribution in [0, 0.1) is 13.8 Å². The van der Waals surface area contributed by atoms with E-state index in [-0.39, 0.29) is 38.4 Å². The number of esters is 4. The van der Waals surface area contributed by atoms with E-state index in [1.165, 1.54) is 25.0 Å². The summed E-state index contributed by atoms with van der Waals surface area (Å²) in [5.41, 5.74) is 12.6. The van der Waals surface area contributed by atoms with Gasteiger partial charge in [0.25, 0.3) is 0 Å². The molecule has 2 aromatic carbocycles. The SMILES string of the molecule is CCc1c(Cc2[nH]c(C(=O)OCc3ccccc3)c(C)c2CCCOC(C)=O)[nH]c(Cc2[nH]c(C(=O)OCc3ccccc3)c(C)c2CCCOC(C)=O)c1CC. The van der Waals surface area contributed by atoms with Crippen molar-refractivity contribution in [2.45, 2.75) is 106 Å². The van der Waals surface area contributed by atoms with E-state index in [1.807, 2.05) is 74.5 Å². The van der Waals surface area contributed by atoms with E-state index >= 15 is 0 Å². The van der Waals surface area contributed by atoms with Crippen molar-refractivity contribution in [1.29, 1.82) is 0 Å². The lowest BCUT2D eigenvalue weighted by molar-refractivity contribution is -0.142. The van der Waals surface area contributed by atoms with E-state index in [9.17, 15) is 19.2 Å². The van der Waals surface area contributed by atoms with Crippen molar-refractivity contribution in [1.82, 2.24) is 15.0 Å². The maximum absolute atomic E-state index is 13.5. The second-order valence-electron chi connectivity index (χ2n) is 14.3. The number of carbonyl (C=O) groups is 4. The molecule has 3 heterocycles. The molecule has 0 saturated carbocycles. The van der Waals surface area contributed by atoms with Gasteiger partial charge in [-0.25, -0.2) is 9.59 Å². The molecule has 0 atom stereocenters. The molecule has 302 valence electrons. The highest BCUT2D eigenvalue weighted by molar-refractivity contribution is 5.90. The zero-order valence-corrected chi connectivity index (χ0v) is 34.0. The predicted octanol–water partition coefficient (Wildman–Crippen LogP) is 8.30. The third-order valence-corrected chi connectivity index (χ3v) is 10.3. The fourth-order valence-corrected chi connectivity index (χ4v) is 7.51. The number of H-pyrrole nitrogens is 3. The first-order valence-electron chi connectivity index (χ1n) is 19.8. The molecule has 3 N–H and O–H groups in total. The van der Waals surface area contributed by atoms with Gasteiger partial charge in [0.1, 0.15) is 24.6 Å². The smallest absolute Gasteiger partial charge is 0.355 e. The highest BCUT2D eigenvalue weighted by atomic mass is 16.5. The quantitative estimate of drug-likeness (QED) is 0.0406. The number of rotatable bonds is 20. The van der Waals surface area contributed by atoms with Gasteiger partial charge in [-0.15, -0.1) is 0 Å². The molecule has 0 aliphatic rings. The summed E-state index contributed by atoms with van der Waals surface area (Å²) in [6.07, 6.45) is 5.02. The molecule has 0 bridgehead atoms. The lowest BCUT2D eigenvalue weighted by atomic mass is 9.97. The molecular weight excluding hydrogens is 723 g/mol. The predicted molar refractivity (Wildman–Crippen MR) is 217 cm³/mol. The van der Waals surface area contributed by atoms with Crippen LogP contribution in [0.15, 0.2) is 60.7 Å². The Labute approximate surface area is 334 Å². The molecule has 0 amide bonds. The monoisotopic (exact) mass is 777 g/mol. The number of ether oxygens (including phenoxy) is 4. The summed E-state index contributed by atoms with van der Waals surface area (Å²) in [5, 5.41) is 0. The molecular formula is C46H55N3O8. The summed E-state index contributed by atoms with van der Waals surface area (Å²) in [6, 6.07) is 19.1. The Bertz CT molecular complexity index is 1990. The molecule has 5 rings (SSSR count). The van der Waals surface area contributed by atoms with E-state index in [0.717, 1.165) is 69.0 Å². The Morgan fingerprint density at radius 3 is 1.23 bits per heavy atom. The Balaban J connectivity index is 1.45. The van der Waals surface area contributed by atoms with Crippen LogP contribution in [0.1, 0.15) is 129 Å². The molecule has 5 aromatic rings. The minimum Gasteiger partial charge on any atom is -0.466 e. The first-order valence-corrected chi connectivity index (χ1v) is 19.8. The standard InChI is InChI=1S/C46H55N3O8/c1-7-35-36(8-2)40(26-42-38(22-16-24-55-32(6)51)30(4)44(49-42)46(53)57-28-34-19-13-10-14-20-34)47-39(35)25-41-37(21-15-23-54-31(5)50)29(3)43(48-41)45(52)56-27-33-17-11-9-12-18-33/h9-14,17-20,47-49H,7-8,15-16,21-28H2,1-6H3. The summed E-state index contributed by atoms with van der Waals surface area (Å²) in [4.78, 5) is 60.5. The van der Waals surface area contributed by atoms with E-state index < -0.39 is 11.9 Å². The van der Waals surface area contributed by atoms with Gasteiger partial charge in [0.05, 0.1) is 13.2 Å². The Hall–Kier alpha value is -5.84. The highest BCUT2D eigenvalue weighted by Crippen LogP contribution is 2.31. The fourth-order valence-electron chi connectivity index (χ4n) is 7.51. The molecule has 0 aliphatic carbocycles. The molecule has 0 unspecified atom stereocenters. The summed E-state index contributed by atoms with van der Waals surface area (Å²) in [5.74, 6) is -1.51. The topological polar surface area (TPSA) is 153 Å². The highest BCUT2D eigenvalue weighted by Gasteiger charge is 2.25. The van der Waals surface area contributed by atoms with E-state index in [4.69, 9.17) is 18.9 Å². The molecule has 0 saturated heterocycles. The molecule has 11 heteroatoms. The number of aromatic nitrogens is 3. The van der Waals surface area contributed by atoms with Gasteiger partial charge in [0, 0.05) is 49.5 Å². The maximum atomic E-state index is 13.5. The van der Waals surface area contributed by atoms with Crippen molar-refractivity contribution < 1.29 is 38.1 Å². The first-order chi connectivity index (χ1) is 27.5. The third-order valence-electron chi connectivity index (χ3n) is 10.3. The minimum absolute atomic E-state index is 0.158. The van der Waals surface area contributed by atoms with Crippen molar-refractivity contribution >= 4 is 23.9 Å². The van der Waals surface area contributed by atoms with E-state index in [1.54, 1.807) is 0 Å². The zero-order chi connectivity index (χ0) is 40.9. The van der Waals surface area contributed by atoms with Crippen LogP contribution in [0.4, 0.5) is 0 Å². The number of carbonyl (C=O) groups excluding carboxylic acids is 4. The van der Waals surface area contributed by atoms with E-state index in [2.05, 4.69) is 28.8 Å². The molecule has 3 aromatic heterocycles. The third kappa shape index (κ3) is 11.1. The van der Waals surface area contributed by atoms with Crippen LogP contribution in [0.2, 0.25) is 0 Å². The lowest BCUT2D eigenvalue weighted by Gasteiger charge is -2.08. The van der Waals surface area contributed by atoms with Crippen molar-refractivity contribution in [2.24, 2.45) is 0 Å². The number of aromatic amines is 3. The number of benzene rings is 2. The minimum atomic E-state index is -0.428. The normalized spacial score (nSPS) is 11.1. The average Bonchev–Trinajstić information content (AvgIpc) is 3.82. The van der Waals surface area contributed by atoms with Crippen LogP contribution in [-0.4, -0.2) is 52.0 Å². The summed E-state index contributed by atoms with van der Waals surface area (Å²) >= 11 is 0. The average molecular weight is 778 g/mol. The van der Waals surface area contributed by atoms with Crippen LogP contribution < -0.4 is 0 Å². The molecule has 0 radical (unpaired) electrons. The summed E-state index contributed by atoms with van der Waals surface area (Å²) < 4.78 is 22.0. The molecule has 0 fully saturated rings. The fraction of sp³-hybridized carbons (Fsp3) is 0.391. The van der Waals surface area contributed by atoms with Crippen molar-refractivity contribution in [3.63, 3.8) is 0 Å². The first kappa shape index (κ1) is 42.3. The van der Waals surface area contributed by atoms with Gasteiger partial charge in [-0.1, -0.05) is 74.5 Å². The molecule has 0 aliphatic heterocycles. The molecule has 0 spiro atoms. The zero-order valence-electron chi connectivity index (χ0n) is 34.0.